The average molecular weight is 1210 g/mol. The van der Waals surface area contributed by atoms with Crippen molar-refractivity contribution >= 4 is 12.0 Å². The number of rotatable bonds is 8. The maximum atomic E-state index is 14.3. The quantitative estimate of drug-likeness (QED) is 0.108. The third-order valence-corrected chi connectivity index (χ3v) is 23.2. The summed E-state index contributed by atoms with van der Waals surface area (Å²) in [6.07, 6.45) is 25.9. The number of ether oxygens (including phenoxy) is 10. The van der Waals surface area contributed by atoms with Crippen molar-refractivity contribution in [2.24, 2.45) is 52.3 Å². The zero-order valence-electron chi connectivity index (χ0n) is 53.4. The van der Waals surface area contributed by atoms with Gasteiger partial charge in [-0.3, -0.25) is 4.79 Å². The zero-order chi connectivity index (χ0) is 62.1. The second kappa shape index (κ2) is 25.3. The largest absolute Gasteiger partial charge is 0.462 e. The van der Waals surface area contributed by atoms with Crippen molar-refractivity contribution in [1.82, 2.24) is 5.16 Å². The van der Waals surface area contributed by atoms with Crippen molar-refractivity contribution in [3.05, 3.63) is 82.3 Å². The minimum absolute atomic E-state index is 0.0317. The molecule has 7 heterocycles. The van der Waals surface area contributed by atoms with Gasteiger partial charge in [0.1, 0.15) is 47.6 Å². The van der Waals surface area contributed by atoms with E-state index in [0.29, 0.717) is 61.0 Å². The van der Waals surface area contributed by atoms with Crippen LogP contribution in [0.3, 0.4) is 0 Å². The molecule has 1 spiro atoms. The summed E-state index contributed by atoms with van der Waals surface area (Å²) < 4.78 is 69.1. The summed E-state index contributed by atoms with van der Waals surface area (Å²) in [6, 6.07) is 0. The van der Waals surface area contributed by atoms with E-state index < -0.39 is 96.4 Å². The first-order valence-electron chi connectivity index (χ1n) is 32.6. The van der Waals surface area contributed by atoms with Crippen molar-refractivity contribution in [2.75, 3.05) is 20.8 Å². The first-order valence-corrected chi connectivity index (χ1v) is 32.6. The van der Waals surface area contributed by atoms with Crippen LogP contribution in [-0.2, 0) is 58.6 Å². The number of aliphatic hydroxyl groups is 4. The van der Waals surface area contributed by atoms with E-state index in [4.69, 9.17) is 58.3 Å². The van der Waals surface area contributed by atoms with E-state index in [1.807, 2.05) is 38.3 Å². The van der Waals surface area contributed by atoms with Crippen LogP contribution in [0.25, 0.3) is 6.08 Å². The number of allylic oxidation sites excluding steroid dienone is 3. The molecule has 3 saturated carbocycles. The van der Waals surface area contributed by atoms with E-state index in [1.165, 1.54) is 12.0 Å². The normalized spacial score (nSPS) is 47.2. The van der Waals surface area contributed by atoms with Crippen LogP contribution < -0.4 is 0 Å². The number of aliphatic hydroxyl groups excluding tert-OH is 2. The standard InChI is InChI=1S/C48H72O14.C22H27NO2/c1-11-25(2)43-28(5)17-18-47(62-43)23-34-20-33(61-47)16-15-27(4)42(26(3)13-12-14-32-24-55-45-40(49)29(6)19-35(46(51)58-34)48(32,45)52)59-39-22-37(54-10)44(31(8)57-39)60-38-21-36(53-9)41(50)30(7)56-38;1-4-22(24)10-8-18-16-6-5-15-11-19-14(13-23-25-19)12-20(15,2)17(16)7-9-21(18,22)3/h12-15,17-19,25-26,28,30-31,33-45,49-50,52H,11,16,20-24H2,1-10H3;1,11,13,16-18,24H,5-10,12H2,2-3H3. The Kier molecular flexibility index (Phi) is 18.8. The molecule has 0 amide bonds. The van der Waals surface area contributed by atoms with Gasteiger partial charge in [0.2, 0.25) is 0 Å². The molecule has 17 heteroatoms. The molecule has 87 heavy (non-hydrogen) atoms. The van der Waals surface area contributed by atoms with E-state index in [9.17, 15) is 25.2 Å². The first-order chi connectivity index (χ1) is 41.4. The molecule has 26 atom stereocenters. The molecule has 0 aromatic carbocycles. The van der Waals surface area contributed by atoms with Crippen LogP contribution in [0.4, 0.5) is 0 Å². The Morgan fingerprint density at radius 2 is 1.61 bits per heavy atom. The zero-order valence-corrected chi connectivity index (χ0v) is 53.4. The molecule has 4 saturated heterocycles. The van der Waals surface area contributed by atoms with Crippen LogP contribution in [0, 0.1) is 64.6 Å². The third-order valence-electron chi connectivity index (χ3n) is 23.2. The molecule has 12 rings (SSSR count). The average Bonchev–Trinajstić information content (AvgIpc) is 1.68. The van der Waals surface area contributed by atoms with Crippen molar-refractivity contribution in [2.45, 2.75) is 256 Å². The first kappa shape index (κ1) is 64.7. The maximum absolute atomic E-state index is 14.3. The van der Waals surface area contributed by atoms with Gasteiger partial charge in [-0.1, -0.05) is 101 Å². The van der Waals surface area contributed by atoms with Crippen molar-refractivity contribution in [1.29, 1.82) is 0 Å². The topological polar surface area (TPSA) is 216 Å². The second-order valence-corrected chi connectivity index (χ2v) is 28.3. The summed E-state index contributed by atoms with van der Waals surface area (Å²) in [4.78, 5) is 14.3. The van der Waals surface area contributed by atoms with Gasteiger partial charge < -0.3 is 72.3 Å². The summed E-state index contributed by atoms with van der Waals surface area (Å²) in [6.45, 7) is 20.8. The fourth-order valence-corrected chi connectivity index (χ4v) is 17.7. The number of carbonyl (C=O) groups excluding carboxylic acids is 1. The molecule has 5 aliphatic carbocycles. The molecule has 2 bridgehead atoms. The fraction of sp³-hybridized carbons (Fsp3) is 0.743. The maximum Gasteiger partial charge on any atom is 0.316 e. The monoisotopic (exact) mass is 1210 g/mol. The Morgan fingerprint density at radius 1 is 0.874 bits per heavy atom. The highest BCUT2D eigenvalue weighted by atomic mass is 16.7. The molecular weight excluding hydrogens is 1110 g/mol. The fourth-order valence-electron chi connectivity index (χ4n) is 17.7. The summed E-state index contributed by atoms with van der Waals surface area (Å²) in [5.41, 5.74) is 2.12. The molecule has 6 aliphatic heterocycles. The Balaban J connectivity index is 0.000000258. The number of fused-ring (bicyclic) bond motifs is 8. The molecular formula is C70H99NO16. The Morgan fingerprint density at radius 3 is 2.36 bits per heavy atom. The second-order valence-electron chi connectivity index (χ2n) is 28.3. The van der Waals surface area contributed by atoms with Gasteiger partial charge in [-0.2, -0.15) is 0 Å². The lowest BCUT2D eigenvalue weighted by molar-refractivity contribution is -0.318. The Labute approximate surface area is 515 Å². The highest BCUT2D eigenvalue weighted by Gasteiger charge is 2.64. The number of esters is 1. The van der Waals surface area contributed by atoms with E-state index in [0.717, 1.165) is 56.3 Å². The van der Waals surface area contributed by atoms with Gasteiger partial charge in [0.15, 0.2) is 24.1 Å². The van der Waals surface area contributed by atoms with Gasteiger partial charge in [-0.05, 0) is 137 Å². The van der Waals surface area contributed by atoms with E-state index in [1.54, 1.807) is 45.8 Å². The lowest BCUT2D eigenvalue weighted by Crippen LogP contribution is -2.58. The Hall–Kier alpha value is -3.84. The minimum Gasteiger partial charge on any atom is -0.462 e. The van der Waals surface area contributed by atoms with E-state index >= 15 is 0 Å². The molecule has 26 unspecified atom stereocenters. The summed E-state index contributed by atoms with van der Waals surface area (Å²) in [7, 11) is 3.22. The summed E-state index contributed by atoms with van der Waals surface area (Å²) >= 11 is 0. The number of carbonyl (C=O) groups is 1. The third kappa shape index (κ3) is 11.8. The summed E-state index contributed by atoms with van der Waals surface area (Å²) in [5.74, 6) is 3.07. The molecule has 4 N–H and O–H groups in total. The van der Waals surface area contributed by atoms with Gasteiger partial charge in [0.05, 0.1) is 55.5 Å². The van der Waals surface area contributed by atoms with Gasteiger partial charge in [0.25, 0.3) is 0 Å². The van der Waals surface area contributed by atoms with Gasteiger partial charge in [0, 0.05) is 62.7 Å². The number of terminal acetylenes is 1. The van der Waals surface area contributed by atoms with Gasteiger partial charge >= 0.3 is 5.97 Å². The number of nitrogens with zero attached hydrogens (tertiary/aromatic N) is 1. The summed E-state index contributed by atoms with van der Waals surface area (Å²) in [5, 5.41) is 49.3. The molecule has 0 radical (unpaired) electrons. The molecule has 1 aromatic rings. The molecule has 480 valence electrons. The minimum atomic E-state index is -1.84. The highest BCUT2D eigenvalue weighted by molar-refractivity contribution is 5.78. The van der Waals surface area contributed by atoms with Crippen molar-refractivity contribution < 1.29 is 77.1 Å². The smallest absolute Gasteiger partial charge is 0.316 e. The predicted molar refractivity (Wildman–Crippen MR) is 324 cm³/mol. The van der Waals surface area contributed by atoms with Gasteiger partial charge in [-0.25, -0.2) is 0 Å². The molecule has 17 nitrogen and oxygen atoms in total. The van der Waals surface area contributed by atoms with Crippen LogP contribution in [0.5, 0.6) is 0 Å². The Bertz CT molecular complexity index is 2890. The van der Waals surface area contributed by atoms with Crippen LogP contribution in [0.15, 0.2) is 75.5 Å². The van der Waals surface area contributed by atoms with Crippen molar-refractivity contribution in [3.63, 3.8) is 0 Å². The lowest BCUT2D eigenvalue weighted by atomic mass is 9.46. The van der Waals surface area contributed by atoms with E-state index in [-0.39, 0.29) is 53.5 Å². The van der Waals surface area contributed by atoms with Gasteiger partial charge in [-0.15, -0.1) is 6.42 Å². The van der Waals surface area contributed by atoms with E-state index in [2.05, 4.69) is 70.8 Å². The van der Waals surface area contributed by atoms with Crippen LogP contribution in [-0.4, -0.2) is 155 Å². The SMILES string of the molecule is C#CC1(O)CCC2C3CCC4=Cc5oncc5CC4(C)C3CCC21C.CCC(C)C1OC2(C=CC1C)CC1CC(CC=C(C)C(OC3CC(OC)C(OC4CC(OC)C(O)C(C)O4)C(C)O3)C(C)C=CC=C3COC4C(O)C(C)=CC(C(=O)O1)C34O)O2. The number of aromatic nitrogens is 1. The molecule has 1 aromatic heterocycles. The molecule has 11 aliphatic rings. The van der Waals surface area contributed by atoms with Crippen LogP contribution in [0.2, 0.25) is 0 Å². The lowest BCUT2D eigenvalue weighted by Gasteiger charge is -2.58. The molecule has 7 fully saturated rings. The van der Waals surface area contributed by atoms with Crippen molar-refractivity contribution in [3.8, 4) is 12.3 Å². The number of hydrogen-bond donors (Lipinski definition) is 4. The highest BCUT2D eigenvalue weighted by Crippen LogP contribution is 2.67. The predicted octanol–water partition coefficient (Wildman–Crippen LogP) is 9.60. The van der Waals surface area contributed by atoms with Crippen LogP contribution >= 0.6 is 0 Å². The number of methoxy groups -OCH3 is 2. The number of hydrogen-bond acceptors (Lipinski definition) is 17. The van der Waals surface area contributed by atoms with Crippen LogP contribution in [0.1, 0.15) is 158 Å².